The van der Waals surface area contributed by atoms with E-state index < -0.39 is 18.3 Å². The molecule has 0 spiro atoms. The molecule has 0 saturated carbocycles. The predicted octanol–water partition coefficient (Wildman–Crippen LogP) is 3.55. The summed E-state index contributed by atoms with van der Waals surface area (Å²) in [4.78, 5) is 4.51. The lowest BCUT2D eigenvalue weighted by atomic mass is 9.77. The summed E-state index contributed by atoms with van der Waals surface area (Å²) < 4.78 is 12.1. The third-order valence-corrected chi connectivity index (χ3v) is 4.94. The molecule has 0 radical (unpaired) electrons. The van der Waals surface area contributed by atoms with E-state index in [4.69, 9.17) is 9.31 Å². The molecule has 0 amide bonds. The third kappa shape index (κ3) is 3.12. The van der Waals surface area contributed by atoms with Crippen LogP contribution in [0.2, 0.25) is 0 Å². The average Bonchev–Trinajstić information content (AvgIpc) is 2.73. The topological polar surface area (TPSA) is 51.6 Å². The number of hydrogen-bond acceptors (Lipinski definition) is 4. The van der Waals surface area contributed by atoms with Crippen molar-refractivity contribution in [1.82, 2.24) is 4.98 Å². The van der Waals surface area contributed by atoms with Crippen LogP contribution < -0.4 is 0 Å². The lowest BCUT2D eigenvalue weighted by Gasteiger charge is -2.32. The van der Waals surface area contributed by atoms with Gasteiger partial charge in [0.25, 0.3) is 0 Å². The van der Waals surface area contributed by atoms with Gasteiger partial charge in [-0.1, -0.05) is 18.2 Å². The van der Waals surface area contributed by atoms with Gasteiger partial charge in [-0.3, -0.25) is 4.98 Å². The van der Waals surface area contributed by atoms with Crippen molar-refractivity contribution in [2.45, 2.75) is 45.8 Å². The molecule has 1 aliphatic heterocycles. The molecule has 1 saturated heterocycles. The van der Waals surface area contributed by atoms with E-state index in [1.807, 2.05) is 58.9 Å². The minimum absolute atomic E-state index is 0.110. The van der Waals surface area contributed by atoms with Gasteiger partial charge in [-0.25, -0.2) is 0 Å². The van der Waals surface area contributed by atoms with Gasteiger partial charge in [0.2, 0.25) is 0 Å². The smallest absolute Gasteiger partial charge is 0.400 e. The van der Waals surface area contributed by atoms with Crippen LogP contribution in [0.15, 0.2) is 35.8 Å². The highest BCUT2D eigenvalue weighted by molar-refractivity contribution is 6.55. The first kappa shape index (κ1) is 17.1. The molecule has 0 bridgehead atoms. The SMILES string of the molecule is Cc1ccc2cc(C=C(CO)B3OC(C)(C)C(C)(C)O3)ccc2n1. The van der Waals surface area contributed by atoms with Crippen molar-refractivity contribution >= 4 is 24.1 Å². The molecule has 1 aromatic carbocycles. The Labute approximate surface area is 143 Å². The second-order valence-electron chi connectivity index (χ2n) is 7.37. The van der Waals surface area contributed by atoms with Crippen LogP contribution in [-0.2, 0) is 9.31 Å². The first-order valence-electron chi connectivity index (χ1n) is 8.26. The molecular weight excluding hydrogens is 301 g/mol. The van der Waals surface area contributed by atoms with Gasteiger partial charge in [-0.2, -0.15) is 0 Å². The number of pyridine rings is 1. The minimum Gasteiger partial charge on any atom is -0.400 e. The Morgan fingerprint density at radius 1 is 1.12 bits per heavy atom. The van der Waals surface area contributed by atoms with Gasteiger partial charge < -0.3 is 14.4 Å². The van der Waals surface area contributed by atoms with E-state index in [0.717, 1.165) is 22.2 Å². The number of nitrogens with zero attached hydrogens (tertiary/aromatic N) is 1. The molecule has 1 aliphatic rings. The van der Waals surface area contributed by atoms with Gasteiger partial charge in [-0.15, -0.1) is 0 Å². The molecule has 2 heterocycles. The van der Waals surface area contributed by atoms with Crippen molar-refractivity contribution in [3.63, 3.8) is 0 Å². The molecule has 2 aromatic rings. The normalized spacial score (nSPS) is 19.9. The van der Waals surface area contributed by atoms with Crippen LogP contribution in [0, 0.1) is 6.92 Å². The lowest BCUT2D eigenvalue weighted by molar-refractivity contribution is 0.00578. The summed E-state index contributed by atoms with van der Waals surface area (Å²) >= 11 is 0. The van der Waals surface area contributed by atoms with Crippen molar-refractivity contribution in [2.24, 2.45) is 0 Å². The van der Waals surface area contributed by atoms with Gasteiger partial charge >= 0.3 is 7.12 Å². The number of aryl methyl sites for hydroxylation is 1. The quantitative estimate of drug-likeness (QED) is 0.877. The Bertz CT molecular complexity index is 782. The van der Waals surface area contributed by atoms with Crippen molar-refractivity contribution in [3.05, 3.63) is 47.1 Å². The van der Waals surface area contributed by atoms with Crippen LogP contribution in [0.1, 0.15) is 39.0 Å². The zero-order valence-corrected chi connectivity index (χ0v) is 15.0. The molecule has 1 aromatic heterocycles. The zero-order valence-electron chi connectivity index (χ0n) is 15.0. The second kappa shape index (κ2) is 5.99. The van der Waals surface area contributed by atoms with E-state index in [1.54, 1.807) is 0 Å². The van der Waals surface area contributed by atoms with E-state index in [-0.39, 0.29) is 6.61 Å². The van der Waals surface area contributed by atoms with Crippen LogP contribution in [0.3, 0.4) is 0 Å². The van der Waals surface area contributed by atoms with Crippen LogP contribution in [-0.4, -0.2) is 35.0 Å². The summed E-state index contributed by atoms with van der Waals surface area (Å²) in [5, 5.41) is 10.9. The summed E-state index contributed by atoms with van der Waals surface area (Å²) in [5.74, 6) is 0. The molecule has 3 rings (SSSR count). The molecular formula is C19H24BNO3. The van der Waals surface area contributed by atoms with E-state index in [9.17, 15) is 5.11 Å². The molecule has 24 heavy (non-hydrogen) atoms. The van der Waals surface area contributed by atoms with Gasteiger partial charge in [-0.05, 0) is 63.9 Å². The Balaban J connectivity index is 1.92. The van der Waals surface area contributed by atoms with Crippen molar-refractivity contribution < 1.29 is 14.4 Å². The number of aliphatic hydroxyl groups excluding tert-OH is 1. The highest BCUT2D eigenvalue weighted by atomic mass is 16.7. The fourth-order valence-electron chi connectivity index (χ4n) is 2.73. The minimum atomic E-state index is -0.535. The Kier molecular flexibility index (Phi) is 4.28. The highest BCUT2D eigenvalue weighted by Gasteiger charge is 2.52. The van der Waals surface area contributed by atoms with Gasteiger partial charge in [0, 0.05) is 11.1 Å². The molecule has 0 atom stereocenters. The second-order valence-corrected chi connectivity index (χ2v) is 7.37. The Hall–Kier alpha value is -1.69. The molecule has 0 unspecified atom stereocenters. The number of hydrogen-bond donors (Lipinski definition) is 1. The largest absolute Gasteiger partial charge is 0.492 e. The molecule has 5 heteroatoms. The first-order chi connectivity index (χ1) is 11.2. The van der Waals surface area contributed by atoms with E-state index >= 15 is 0 Å². The number of fused-ring (bicyclic) bond motifs is 1. The van der Waals surface area contributed by atoms with Gasteiger partial charge in [0.15, 0.2) is 0 Å². The number of benzene rings is 1. The van der Waals surface area contributed by atoms with E-state index in [1.165, 1.54) is 0 Å². The Morgan fingerprint density at radius 3 is 2.42 bits per heavy atom. The summed E-state index contributed by atoms with van der Waals surface area (Å²) in [6.07, 6.45) is 1.93. The Morgan fingerprint density at radius 2 is 1.79 bits per heavy atom. The summed E-state index contributed by atoms with van der Waals surface area (Å²) in [5.41, 5.74) is 2.83. The lowest BCUT2D eigenvalue weighted by Crippen LogP contribution is -2.41. The summed E-state index contributed by atoms with van der Waals surface area (Å²) in [7, 11) is -0.535. The van der Waals surface area contributed by atoms with E-state index in [0.29, 0.717) is 5.47 Å². The molecule has 0 aliphatic carbocycles. The zero-order chi connectivity index (χ0) is 17.5. The van der Waals surface area contributed by atoms with Crippen molar-refractivity contribution in [2.75, 3.05) is 6.61 Å². The van der Waals surface area contributed by atoms with Crippen LogP contribution in [0.5, 0.6) is 0 Å². The fourth-order valence-corrected chi connectivity index (χ4v) is 2.73. The van der Waals surface area contributed by atoms with Gasteiger partial charge in [0.1, 0.15) is 0 Å². The maximum absolute atomic E-state index is 9.80. The maximum atomic E-state index is 9.80. The average molecular weight is 325 g/mol. The van der Waals surface area contributed by atoms with Crippen LogP contribution >= 0.6 is 0 Å². The standard InChI is InChI=1S/C19H24BNO3/c1-13-6-8-15-10-14(7-9-17(15)21-13)11-16(12-22)20-23-18(2,3)19(4,5)24-20/h6-11,22H,12H2,1-5H3. The third-order valence-electron chi connectivity index (χ3n) is 4.94. The number of aromatic nitrogens is 1. The van der Waals surface area contributed by atoms with Crippen LogP contribution in [0.25, 0.3) is 17.0 Å². The summed E-state index contributed by atoms with van der Waals surface area (Å²) in [6, 6.07) is 10.1. The molecule has 1 fully saturated rings. The molecule has 4 nitrogen and oxygen atoms in total. The fraction of sp³-hybridized carbons (Fsp3) is 0.421. The maximum Gasteiger partial charge on any atom is 0.492 e. The molecule has 126 valence electrons. The van der Waals surface area contributed by atoms with Gasteiger partial charge in [0.05, 0.1) is 23.3 Å². The van der Waals surface area contributed by atoms with Crippen molar-refractivity contribution in [3.8, 4) is 0 Å². The molecule has 1 N–H and O–H groups in total. The number of aliphatic hydroxyl groups is 1. The predicted molar refractivity (Wildman–Crippen MR) is 97.6 cm³/mol. The first-order valence-corrected chi connectivity index (χ1v) is 8.26. The number of rotatable bonds is 3. The monoisotopic (exact) mass is 325 g/mol. The van der Waals surface area contributed by atoms with E-state index in [2.05, 4.69) is 17.1 Å². The van der Waals surface area contributed by atoms with Crippen LogP contribution in [0.4, 0.5) is 0 Å². The summed E-state index contributed by atoms with van der Waals surface area (Å²) in [6.45, 7) is 9.90. The highest BCUT2D eigenvalue weighted by Crippen LogP contribution is 2.38. The van der Waals surface area contributed by atoms with Crippen molar-refractivity contribution in [1.29, 1.82) is 0 Å².